The lowest BCUT2D eigenvalue weighted by atomic mass is 10.0. The average molecular weight is 288 g/mol. The van der Waals surface area contributed by atoms with Crippen molar-refractivity contribution in [2.75, 3.05) is 20.2 Å². The molecular formula is C17H24N2O2. The third kappa shape index (κ3) is 3.56. The maximum absolute atomic E-state index is 12.4. The van der Waals surface area contributed by atoms with Gasteiger partial charge in [-0.1, -0.05) is 12.1 Å². The first-order chi connectivity index (χ1) is 10.3. The van der Waals surface area contributed by atoms with Crippen molar-refractivity contribution < 1.29 is 9.53 Å². The number of likely N-dealkylation sites (tertiary alicyclic amines) is 1. The van der Waals surface area contributed by atoms with Crippen molar-refractivity contribution >= 4 is 5.91 Å². The summed E-state index contributed by atoms with van der Waals surface area (Å²) in [6.07, 6.45) is 5.28. The Bertz CT molecular complexity index is 499. The van der Waals surface area contributed by atoms with Crippen molar-refractivity contribution in [2.45, 2.75) is 44.2 Å². The molecule has 2 fully saturated rings. The molecule has 1 unspecified atom stereocenters. The smallest absolute Gasteiger partial charge is 0.224 e. The molecule has 0 aromatic heterocycles. The number of rotatable bonds is 6. The van der Waals surface area contributed by atoms with Gasteiger partial charge in [0.1, 0.15) is 5.75 Å². The third-order valence-corrected chi connectivity index (χ3v) is 4.40. The highest BCUT2D eigenvalue weighted by Gasteiger charge is 2.30. The van der Waals surface area contributed by atoms with E-state index in [4.69, 9.17) is 4.74 Å². The molecule has 114 valence electrons. The Morgan fingerprint density at radius 3 is 3.00 bits per heavy atom. The lowest BCUT2D eigenvalue weighted by molar-refractivity contribution is -0.132. The van der Waals surface area contributed by atoms with Crippen LogP contribution in [0.25, 0.3) is 0 Å². The van der Waals surface area contributed by atoms with E-state index in [1.807, 2.05) is 17.0 Å². The van der Waals surface area contributed by atoms with E-state index in [1.54, 1.807) is 7.11 Å². The van der Waals surface area contributed by atoms with Crippen molar-refractivity contribution in [2.24, 2.45) is 0 Å². The molecule has 0 radical (unpaired) electrons. The monoisotopic (exact) mass is 288 g/mol. The Kier molecular flexibility index (Phi) is 4.44. The fourth-order valence-electron chi connectivity index (χ4n) is 3.07. The van der Waals surface area contributed by atoms with Crippen molar-refractivity contribution in [3.05, 3.63) is 29.8 Å². The summed E-state index contributed by atoms with van der Waals surface area (Å²) in [4.78, 5) is 14.5. The van der Waals surface area contributed by atoms with Gasteiger partial charge in [0.15, 0.2) is 0 Å². The van der Waals surface area contributed by atoms with E-state index in [0.29, 0.717) is 12.5 Å². The Morgan fingerprint density at radius 1 is 1.38 bits per heavy atom. The highest BCUT2D eigenvalue weighted by atomic mass is 16.5. The summed E-state index contributed by atoms with van der Waals surface area (Å²) in [5.74, 6) is 1.13. The number of carbonyl (C=O) groups excluding carboxylic acids is 1. The van der Waals surface area contributed by atoms with Crippen molar-refractivity contribution in [3.63, 3.8) is 0 Å². The van der Waals surface area contributed by atoms with Gasteiger partial charge in [-0.05, 0) is 43.4 Å². The molecule has 1 N–H and O–H groups in total. The largest absolute Gasteiger partial charge is 0.497 e. The number of nitrogens with one attached hydrogen (secondary N) is 1. The molecule has 4 heteroatoms. The van der Waals surface area contributed by atoms with Gasteiger partial charge in [0.05, 0.1) is 13.2 Å². The molecule has 0 spiro atoms. The molecule has 4 nitrogen and oxygen atoms in total. The van der Waals surface area contributed by atoms with Gasteiger partial charge in [0.2, 0.25) is 5.91 Å². The maximum Gasteiger partial charge on any atom is 0.224 e. The van der Waals surface area contributed by atoms with Crippen molar-refractivity contribution in [3.8, 4) is 5.75 Å². The van der Waals surface area contributed by atoms with Gasteiger partial charge in [-0.15, -0.1) is 0 Å². The van der Waals surface area contributed by atoms with Gasteiger partial charge in [-0.2, -0.15) is 0 Å². The van der Waals surface area contributed by atoms with Crippen LogP contribution >= 0.6 is 0 Å². The van der Waals surface area contributed by atoms with E-state index in [9.17, 15) is 4.79 Å². The molecule has 1 amide bonds. The minimum Gasteiger partial charge on any atom is -0.497 e. The zero-order chi connectivity index (χ0) is 14.7. The second-order valence-electron chi connectivity index (χ2n) is 6.00. The lowest BCUT2D eigenvalue weighted by Gasteiger charge is -2.25. The number of ether oxygens (including phenoxy) is 1. The highest BCUT2D eigenvalue weighted by Crippen LogP contribution is 2.33. The Labute approximate surface area is 126 Å². The molecule has 1 heterocycles. The third-order valence-electron chi connectivity index (χ3n) is 4.40. The van der Waals surface area contributed by atoms with Crippen LogP contribution in [0.2, 0.25) is 0 Å². The van der Waals surface area contributed by atoms with Gasteiger partial charge >= 0.3 is 0 Å². The number of carbonyl (C=O) groups is 1. The Balaban J connectivity index is 1.61. The predicted molar refractivity (Wildman–Crippen MR) is 82.3 cm³/mol. The fraction of sp³-hybridized carbons (Fsp3) is 0.588. The van der Waals surface area contributed by atoms with E-state index in [-0.39, 0.29) is 11.9 Å². The summed E-state index contributed by atoms with van der Waals surface area (Å²) < 4.78 is 5.29. The minimum absolute atomic E-state index is 0.216. The summed E-state index contributed by atoms with van der Waals surface area (Å²) in [6, 6.07) is 8.99. The zero-order valence-corrected chi connectivity index (χ0v) is 12.7. The predicted octanol–water partition coefficient (Wildman–Crippen LogP) is 2.50. The van der Waals surface area contributed by atoms with E-state index in [1.165, 1.54) is 18.4 Å². The molecule has 2 aliphatic rings. The highest BCUT2D eigenvalue weighted by molar-refractivity contribution is 5.77. The average Bonchev–Trinajstić information content (AvgIpc) is 3.20. The Morgan fingerprint density at radius 2 is 2.24 bits per heavy atom. The maximum atomic E-state index is 12.4. The van der Waals surface area contributed by atoms with Crippen LogP contribution in [-0.2, 0) is 4.79 Å². The molecule has 1 aliphatic heterocycles. The van der Waals surface area contributed by atoms with E-state index < -0.39 is 0 Å². The number of hydrogen-bond donors (Lipinski definition) is 1. The SMILES string of the molecule is COc1cccc(C2CCCN2C(=O)CCNC2CC2)c1. The molecule has 21 heavy (non-hydrogen) atoms. The molecule has 1 atom stereocenters. The summed E-state index contributed by atoms with van der Waals surface area (Å²) in [6.45, 7) is 1.69. The molecule has 1 aliphatic carbocycles. The number of methoxy groups -OCH3 is 1. The van der Waals surface area contributed by atoms with Crippen LogP contribution in [0, 0.1) is 0 Å². The molecule has 0 bridgehead atoms. The number of amides is 1. The van der Waals surface area contributed by atoms with Gasteiger partial charge in [0, 0.05) is 25.6 Å². The molecule has 1 aromatic rings. The molecule has 1 saturated carbocycles. The standard InChI is InChI=1S/C17H24N2O2/c1-21-15-5-2-4-13(12-15)16-6-3-11-19(16)17(20)9-10-18-14-7-8-14/h2,4-5,12,14,16,18H,3,6-11H2,1H3. The number of nitrogens with zero attached hydrogens (tertiary/aromatic N) is 1. The van der Waals surface area contributed by atoms with E-state index in [0.717, 1.165) is 31.7 Å². The molecule has 1 saturated heterocycles. The minimum atomic E-state index is 0.216. The normalized spacial score (nSPS) is 21.6. The van der Waals surface area contributed by atoms with Crippen LogP contribution in [0.4, 0.5) is 0 Å². The summed E-state index contributed by atoms with van der Waals surface area (Å²) in [5, 5.41) is 3.42. The second-order valence-corrected chi connectivity index (χ2v) is 6.00. The molecule has 1 aromatic carbocycles. The van der Waals surface area contributed by atoms with Crippen LogP contribution in [0.15, 0.2) is 24.3 Å². The fourth-order valence-corrected chi connectivity index (χ4v) is 3.07. The van der Waals surface area contributed by atoms with E-state index in [2.05, 4.69) is 17.4 Å². The lowest BCUT2D eigenvalue weighted by Crippen LogP contribution is -2.33. The quantitative estimate of drug-likeness (QED) is 0.874. The summed E-state index contributed by atoms with van der Waals surface area (Å²) in [5.41, 5.74) is 1.19. The molecular weight excluding hydrogens is 264 g/mol. The molecule has 3 rings (SSSR count). The second kappa shape index (κ2) is 6.48. The van der Waals surface area contributed by atoms with Gasteiger partial charge < -0.3 is 15.0 Å². The topological polar surface area (TPSA) is 41.6 Å². The van der Waals surface area contributed by atoms with Crippen LogP contribution in [-0.4, -0.2) is 37.0 Å². The van der Waals surface area contributed by atoms with E-state index >= 15 is 0 Å². The van der Waals surface area contributed by atoms with Crippen LogP contribution in [0.5, 0.6) is 5.75 Å². The summed E-state index contributed by atoms with van der Waals surface area (Å²) in [7, 11) is 1.68. The first-order valence-electron chi connectivity index (χ1n) is 7.95. The first kappa shape index (κ1) is 14.4. The number of benzene rings is 1. The van der Waals surface area contributed by atoms with Gasteiger partial charge in [-0.3, -0.25) is 4.79 Å². The zero-order valence-electron chi connectivity index (χ0n) is 12.7. The Hall–Kier alpha value is -1.55. The number of hydrogen-bond acceptors (Lipinski definition) is 3. The van der Waals surface area contributed by atoms with Crippen LogP contribution in [0.3, 0.4) is 0 Å². The van der Waals surface area contributed by atoms with Crippen LogP contribution in [0.1, 0.15) is 43.7 Å². The summed E-state index contributed by atoms with van der Waals surface area (Å²) >= 11 is 0. The van der Waals surface area contributed by atoms with Crippen LogP contribution < -0.4 is 10.1 Å². The van der Waals surface area contributed by atoms with Crippen molar-refractivity contribution in [1.82, 2.24) is 10.2 Å². The first-order valence-corrected chi connectivity index (χ1v) is 7.95. The van der Waals surface area contributed by atoms with Crippen molar-refractivity contribution in [1.29, 1.82) is 0 Å². The van der Waals surface area contributed by atoms with Gasteiger partial charge in [0.25, 0.3) is 0 Å². The van der Waals surface area contributed by atoms with Gasteiger partial charge in [-0.25, -0.2) is 0 Å².